The fraction of sp³-hybridized carbons (Fsp3) is 0.214. The third kappa shape index (κ3) is 2.78. The van der Waals surface area contributed by atoms with Crippen molar-refractivity contribution in [1.29, 1.82) is 0 Å². The highest BCUT2D eigenvalue weighted by Gasteiger charge is 2.23. The van der Waals surface area contributed by atoms with Crippen LogP contribution < -0.4 is 4.74 Å². The summed E-state index contributed by atoms with van der Waals surface area (Å²) in [6.45, 7) is 0. The molecule has 2 heterocycles. The van der Waals surface area contributed by atoms with Crippen LogP contribution >= 0.6 is 23.4 Å². The maximum absolute atomic E-state index is 10.7. The molecule has 2 aromatic rings. The van der Waals surface area contributed by atoms with Crippen LogP contribution in [0.3, 0.4) is 0 Å². The molecule has 104 valence electrons. The van der Waals surface area contributed by atoms with Gasteiger partial charge in [-0.25, -0.2) is 4.79 Å². The first-order valence-corrected chi connectivity index (χ1v) is 7.39. The van der Waals surface area contributed by atoms with Gasteiger partial charge in [0, 0.05) is 17.2 Å². The van der Waals surface area contributed by atoms with Gasteiger partial charge in [0.25, 0.3) is 0 Å². The number of aromatic carboxylic acids is 1. The van der Waals surface area contributed by atoms with E-state index in [1.807, 2.05) is 18.2 Å². The predicted octanol–water partition coefficient (Wildman–Crippen LogP) is 3.73. The smallest absolute Gasteiger partial charge is 0.371 e. The van der Waals surface area contributed by atoms with Gasteiger partial charge in [-0.3, -0.25) is 0 Å². The number of thioether (sulfide) groups is 1. The average Bonchev–Trinajstić information content (AvgIpc) is 3.01. The number of ether oxygens (including phenoxy) is 1. The number of carboxylic acids is 1. The molecular weight excluding hydrogens is 300 g/mol. The Morgan fingerprint density at radius 3 is 3.00 bits per heavy atom. The molecule has 1 aliphatic heterocycles. The summed E-state index contributed by atoms with van der Waals surface area (Å²) in [7, 11) is 0. The lowest BCUT2D eigenvalue weighted by Gasteiger charge is -2.08. The number of hydrogen-bond acceptors (Lipinski definition) is 4. The second kappa shape index (κ2) is 5.42. The molecule has 1 aromatic heterocycles. The van der Waals surface area contributed by atoms with E-state index >= 15 is 0 Å². The Balaban J connectivity index is 1.59. The Labute approximate surface area is 124 Å². The SMILES string of the molecule is O=C(O)c1ccc(SCC2Cc3cc(Cl)ccc3O2)o1. The molecule has 0 bridgehead atoms. The molecule has 1 atom stereocenters. The maximum Gasteiger partial charge on any atom is 0.371 e. The Hall–Kier alpha value is -1.59. The van der Waals surface area contributed by atoms with Crippen LogP contribution in [0.1, 0.15) is 16.1 Å². The maximum atomic E-state index is 10.7. The van der Waals surface area contributed by atoms with Crippen LogP contribution in [0, 0.1) is 0 Å². The van der Waals surface area contributed by atoms with Crippen LogP contribution in [0.2, 0.25) is 5.02 Å². The molecule has 6 heteroatoms. The van der Waals surface area contributed by atoms with E-state index in [4.69, 9.17) is 25.9 Å². The largest absolute Gasteiger partial charge is 0.489 e. The zero-order valence-electron chi connectivity index (χ0n) is 10.3. The Morgan fingerprint density at radius 2 is 2.25 bits per heavy atom. The second-order valence-electron chi connectivity index (χ2n) is 4.43. The molecule has 0 amide bonds. The van der Waals surface area contributed by atoms with E-state index in [1.165, 1.54) is 17.8 Å². The zero-order valence-corrected chi connectivity index (χ0v) is 11.9. The molecule has 3 rings (SSSR count). The molecular formula is C14H11ClO4S. The van der Waals surface area contributed by atoms with E-state index in [0.29, 0.717) is 15.9 Å². The topological polar surface area (TPSA) is 59.7 Å². The van der Waals surface area contributed by atoms with Crippen molar-refractivity contribution in [2.75, 3.05) is 5.75 Å². The second-order valence-corrected chi connectivity index (χ2v) is 5.89. The summed E-state index contributed by atoms with van der Waals surface area (Å²) < 4.78 is 11.0. The van der Waals surface area contributed by atoms with Crippen molar-refractivity contribution in [3.8, 4) is 5.75 Å². The summed E-state index contributed by atoms with van der Waals surface area (Å²) >= 11 is 7.39. The summed E-state index contributed by atoms with van der Waals surface area (Å²) in [6, 6.07) is 8.71. The van der Waals surface area contributed by atoms with E-state index in [-0.39, 0.29) is 11.9 Å². The molecule has 0 aliphatic carbocycles. The van der Waals surface area contributed by atoms with Gasteiger partial charge in [0.05, 0.1) is 0 Å². The third-order valence-corrected chi connectivity index (χ3v) is 4.24. The van der Waals surface area contributed by atoms with Gasteiger partial charge in [-0.15, -0.1) is 0 Å². The molecule has 20 heavy (non-hydrogen) atoms. The van der Waals surface area contributed by atoms with Gasteiger partial charge in [-0.1, -0.05) is 23.4 Å². The van der Waals surface area contributed by atoms with Crippen LogP contribution in [0.15, 0.2) is 39.8 Å². The first-order chi connectivity index (χ1) is 9.61. The fourth-order valence-electron chi connectivity index (χ4n) is 2.07. The molecule has 0 saturated carbocycles. The minimum absolute atomic E-state index is 0.0464. The molecule has 1 aliphatic rings. The Morgan fingerprint density at radius 1 is 1.40 bits per heavy atom. The molecule has 0 saturated heterocycles. The summed E-state index contributed by atoms with van der Waals surface area (Å²) in [5, 5.41) is 10.1. The van der Waals surface area contributed by atoms with Crippen molar-refractivity contribution in [3.05, 3.63) is 46.7 Å². The van der Waals surface area contributed by atoms with Crippen LogP contribution in [0.5, 0.6) is 5.75 Å². The van der Waals surface area contributed by atoms with Gasteiger partial charge in [0.2, 0.25) is 5.76 Å². The van der Waals surface area contributed by atoms with E-state index in [2.05, 4.69) is 0 Å². The number of fused-ring (bicyclic) bond motifs is 1. The van der Waals surface area contributed by atoms with Crippen LogP contribution in [-0.4, -0.2) is 22.9 Å². The van der Waals surface area contributed by atoms with Crippen molar-refractivity contribution in [2.45, 2.75) is 17.6 Å². The molecule has 1 aromatic carbocycles. The molecule has 0 radical (unpaired) electrons. The van der Waals surface area contributed by atoms with Crippen molar-refractivity contribution < 1.29 is 19.1 Å². The lowest BCUT2D eigenvalue weighted by Crippen LogP contribution is -2.15. The number of furan rings is 1. The van der Waals surface area contributed by atoms with Gasteiger partial charge in [0.1, 0.15) is 11.9 Å². The fourth-order valence-corrected chi connectivity index (χ4v) is 3.11. The number of hydrogen-bond donors (Lipinski definition) is 1. The first-order valence-electron chi connectivity index (χ1n) is 6.03. The molecule has 1 N–H and O–H groups in total. The van der Waals surface area contributed by atoms with Gasteiger partial charge in [0.15, 0.2) is 5.09 Å². The van der Waals surface area contributed by atoms with Crippen LogP contribution in [-0.2, 0) is 6.42 Å². The summed E-state index contributed by atoms with van der Waals surface area (Å²) in [4.78, 5) is 10.7. The molecule has 0 fully saturated rings. The van der Waals surface area contributed by atoms with E-state index < -0.39 is 5.97 Å². The number of carbonyl (C=O) groups is 1. The summed E-state index contributed by atoms with van der Waals surface area (Å²) in [5.74, 6) is 0.454. The zero-order chi connectivity index (χ0) is 14.1. The van der Waals surface area contributed by atoms with Crippen molar-refractivity contribution in [3.63, 3.8) is 0 Å². The lowest BCUT2D eigenvalue weighted by atomic mass is 10.1. The van der Waals surface area contributed by atoms with Crippen molar-refractivity contribution in [2.24, 2.45) is 0 Å². The van der Waals surface area contributed by atoms with Gasteiger partial charge in [-0.2, -0.15) is 0 Å². The van der Waals surface area contributed by atoms with E-state index in [9.17, 15) is 4.79 Å². The van der Waals surface area contributed by atoms with Gasteiger partial charge < -0.3 is 14.3 Å². The highest BCUT2D eigenvalue weighted by Crippen LogP contribution is 2.33. The normalized spacial score (nSPS) is 16.8. The van der Waals surface area contributed by atoms with Crippen LogP contribution in [0.25, 0.3) is 0 Å². The minimum Gasteiger partial charge on any atom is -0.489 e. The third-order valence-electron chi connectivity index (χ3n) is 2.97. The van der Waals surface area contributed by atoms with E-state index in [0.717, 1.165) is 17.7 Å². The predicted molar refractivity (Wildman–Crippen MR) is 76.0 cm³/mol. The van der Waals surface area contributed by atoms with Crippen molar-refractivity contribution >= 4 is 29.3 Å². The quantitative estimate of drug-likeness (QED) is 0.872. The molecule has 4 nitrogen and oxygen atoms in total. The standard InChI is InChI=1S/C14H11ClO4S/c15-9-1-2-11-8(5-9)6-10(18-11)7-20-13-4-3-12(19-13)14(16)17/h1-5,10H,6-7H2,(H,16,17). The molecule has 1 unspecified atom stereocenters. The highest BCUT2D eigenvalue weighted by molar-refractivity contribution is 7.99. The summed E-state index contributed by atoms with van der Waals surface area (Å²) in [6.07, 6.45) is 0.849. The monoisotopic (exact) mass is 310 g/mol. The van der Waals surface area contributed by atoms with Gasteiger partial charge >= 0.3 is 5.97 Å². The minimum atomic E-state index is -1.06. The number of halogens is 1. The highest BCUT2D eigenvalue weighted by atomic mass is 35.5. The van der Waals surface area contributed by atoms with Crippen LogP contribution in [0.4, 0.5) is 0 Å². The first kappa shape index (κ1) is 13.4. The number of rotatable bonds is 4. The van der Waals surface area contributed by atoms with Crippen molar-refractivity contribution in [1.82, 2.24) is 0 Å². The Kier molecular flexibility index (Phi) is 3.63. The lowest BCUT2D eigenvalue weighted by molar-refractivity contribution is 0.0656. The average molecular weight is 311 g/mol. The molecule has 0 spiro atoms. The van der Waals surface area contributed by atoms with E-state index in [1.54, 1.807) is 6.07 Å². The van der Waals surface area contributed by atoms with Gasteiger partial charge in [-0.05, 0) is 35.9 Å². The number of benzene rings is 1. The number of carboxylic acid groups (broad SMARTS) is 1. The summed E-state index contributed by atoms with van der Waals surface area (Å²) in [5.41, 5.74) is 1.11. The Bertz CT molecular complexity index is 652.